The molecule has 3 rings (SSSR count). The first-order valence-electron chi connectivity index (χ1n) is 7.27. The van der Waals surface area contributed by atoms with Crippen LogP contribution in [0.25, 0.3) is 0 Å². The van der Waals surface area contributed by atoms with E-state index in [0.29, 0.717) is 5.56 Å². The molecule has 0 fully saturated rings. The molecule has 0 atom stereocenters. The van der Waals surface area contributed by atoms with Gasteiger partial charge in [0.15, 0.2) is 17.2 Å². The monoisotopic (exact) mass is 367 g/mol. The minimum atomic E-state index is -4.61. The first-order valence-corrected chi connectivity index (χ1v) is 7.27. The van der Waals surface area contributed by atoms with Gasteiger partial charge in [0.2, 0.25) is 0 Å². The van der Waals surface area contributed by atoms with Gasteiger partial charge in [0.05, 0.1) is 0 Å². The molecule has 1 amide bonds. The molecule has 136 valence electrons. The first-order chi connectivity index (χ1) is 12.1. The number of hydrogen-bond acceptors (Lipinski definition) is 6. The highest BCUT2D eigenvalue weighted by atomic mass is 19.4. The number of phenolic OH excluding ortho intramolecular Hbond substituents is 3. The van der Waals surface area contributed by atoms with E-state index in [2.05, 4.69) is 15.5 Å². The van der Waals surface area contributed by atoms with Crippen LogP contribution in [0.5, 0.6) is 17.2 Å². The Hall–Kier alpha value is -3.30. The number of phenols is 3. The maximum Gasteiger partial charge on any atom is 0.442 e. The standard InChI is InChI=1S/C16H12F3N3O4/c17-16(18,19)15(21-22-15)10-3-1-8(2-4-10)7-20-14(26)9-5-11(23)13(25)12(24)6-9/h1-6,23-25H,7H2,(H,20,26). The van der Waals surface area contributed by atoms with Crippen molar-refractivity contribution in [3.8, 4) is 17.2 Å². The highest BCUT2D eigenvalue weighted by Crippen LogP contribution is 2.52. The third kappa shape index (κ3) is 3.01. The summed E-state index contributed by atoms with van der Waals surface area (Å²) in [6.45, 7) is -0.00514. The summed E-state index contributed by atoms with van der Waals surface area (Å²) in [5, 5.41) is 36.7. The summed E-state index contributed by atoms with van der Waals surface area (Å²) < 4.78 is 38.7. The van der Waals surface area contributed by atoms with Gasteiger partial charge in [-0.25, -0.2) is 0 Å². The van der Waals surface area contributed by atoms with Gasteiger partial charge in [-0.1, -0.05) is 24.3 Å². The maximum atomic E-state index is 12.9. The Labute approximate surface area is 144 Å². The minimum Gasteiger partial charge on any atom is -0.504 e. The normalized spacial score (nSPS) is 14.9. The molecule has 0 aromatic heterocycles. The van der Waals surface area contributed by atoms with Gasteiger partial charge >= 0.3 is 11.8 Å². The van der Waals surface area contributed by atoms with Gasteiger partial charge in [-0.3, -0.25) is 4.79 Å². The number of carbonyl (C=O) groups excluding carboxylic acids is 1. The number of rotatable bonds is 4. The summed E-state index contributed by atoms with van der Waals surface area (Å²) in [7, 11) is 0. The number of alkyl halides is 3. The number of halogens is 3. The fourth-order valence-corrected chi connectivity index (χ4v) is 2.32. The molecule has 10 heteroatoms. The van der Waals surface area contributed by atoms with Gasteiger partial charge < -0.3 is 20.6 Å². The molecule has 26 heavy (non-hydrogen) atoms. The lowest BCUT2D eigenvalue weighted by atomic mass is 10.0. The average Bonchev–Trinajstić information content (AvgIpc) is 3.39. The fraction of sp³-hybridized carbons (Fsp3) is 0.188. The third-order valence-electron chi connectivity index (χ3n) is 3.84. The second-order valence-electron chi connectivity index (χ2n) is 5.61. The summed E-state index contributed by atoms with van der Waals surface area (Å²) in [6.07, 6.45) is -4.61. The van der Waals surface area contributed by atoms with Gasteiger partial charge in [0.1, 0.15) is 0 Å². The smallest absolute Gasteiger partial charge is 0.442 e. The topological polar surface area (TPSA) is 115 Å². The van der Waals surface area contributed by atoms with E-state index in [1.807, 2.05) is 0 Å². The van der Waals surface area contributed by atoms with Crippen molar-refractivity contribution < 1.29 is 33.3 Å². The van der Waals surface area contributed by atoms with Crippen LogP contribution in [0, 0.1) is 0 Å². The van der Waals surface area contributed by atoms with Crippen molar-refractivity contribution >= 4 is 5.91 Å². The highest BCUT2D eigenvalue weighted by molar-refractivity contribution is 5.95. The number of amides is 1. The van der Waals surface area contributed by atoms with Crippen molar-refractivity contribution in [1.29, 1.82) is 0 Å². The molecular formula is C16H12F3N3O4. The molecule has 0 unspecified atom stereocenters. The van der Waals surface area contributed by atoms with E-state index < -0.39 is 35.0 Å². The lowest BCUT2D eigenvalue weighted by molar-refractivity contribution is -0.166. The molecule has 0 aliphatic carbocycles. The molecule has 0 saturated heterocycles. The van der Waals surface area contributed by atoms with E-state index in [1.165, 1.54) is 24.3 Å². The van der Waals surface area contributed by atoms with Crippen LogP contribution in [0.15, 0.2) is 46.6 Å². The molecule has 2 aromatic rings. The van der Waals surface area contributed by atoms with Gasteiger partial charge in [-0.2, -0.15) is 13.2 Å². The summed E-state index contributed by atoms with van der Waals surface area (Å²) in [5.41, 5.74) is -2.18. The molecule has 1 heterocycles. The summed E-state index contributed by atoms with van der Waals surface area (Å²) in [6, 6.07) is 7.20. The Kier molecular flexibility index (Phi) is 3.98. The molecule has 2 aromatic carbocycles. The SMILES string of the molecule is O=C(NCc1ccc(C2(C(F)(F)F)N=N2)cc1)c1cc(O)c(O)c(O)c1. The Morgan fingerprint density at radius 3 is 2.04 bits per heavy atom. The average molecular weight is 367 g/mol. The fourth-order valence-electron chi connectivity index (χ4n) is 2.32. The number of carbonyl (C=O) groups is 1. The van der Waals surface area contributed by atoms with Crippen LogP contribution in [0.3, 0.4) is 0 Å². The zero-order valence-corrected chi connectivity index (χ0v) is 12.9. The van der Waals surface area contributed by atoms with E-state index in [0.717, 1.165) is 12.1 Å². The number of aromatic hydroxyl groups is 3. The second kappa shape index (κ2) is 5.90. The Morgan fingerprint density at radius 1 is 1.04 bits per heavy atom. The molecule has 1 aliphatic heterocycles. The molecule has 0 bridgehead atoms. The summed E-state index contributed by atoms with van der Waals surface area (Å²) in [5.74, 6) is -2.71. The summed E-state index contributed by atoms with van der Waals surface area (Å²) >= 11 is 0. The zero-order valence-electron chi connectivity index (χ0n) is 12.9. The van der Waals surface area contributed by atoms with Crippen molar-refractivity contribution in [2.24, 2.45) is 10.2 Å². The van der Waals surface area contributed by atoms with Crippen LogP contribution in [0.1, 0.15) is 21.5 Å². The van der Waals surface area contributed by atoms with Gasteiger partial charge in [0.25, 0.3) is 5.91 Å². The molecule has 7 nitrogen and oxygen atoms in total. The van der Waals surface area contributed by atoms with Crippen LogP contribution in [0.4, 0.5) is 13.2 Å². The number of nitrogens with one attached hydrogen (secondary N) is 1. The number of benzene rings is 2. The number of nitrogens with zero attached hydrogens (tertiary/aromatic N) is 2. The van der Waals surface area contributed by atoms with E-state index >= 15 is 0 Å². The van der Waals surface area contributed by atoms with Crippen molar-refractivity contribution in [3.05, 3.63) is 53.1 Å². The Morgan fingerprint density at radius 2 is 1.58 bits per heavy atom. The van der Waals surface area contributed by atoms with Crippen molar-refractivity contribution in [2.45, 2.75) is 18.4 Å². The Bertz CT molecular complexity index is 866. The lowest BCUT2D eigenvalue weighted by Gasteiger charge is -2.15. The number of hydrogen-bond donors (Lipinski definition) is 4. The molecule has 0 radical (unpaired) electrons. The van der Waals surface area contributed by atoms with Gasteiger partial charge in [-0.05, 0) is 17.7 Å². The molecule has 4 N–H and O–H groups in total. The van der Waals surface area contributed by atoms with Crippen molar-refractivity contribution in [2.75, 3.05) is 0 Å². The van der Waals surface area contributed by atoms with E-state index in [-0.39, 0.29) is 17.7 Å². The van der Waals surface area contributed by atoms with Crippen molar-refractivity contribution in [3.63, 3.8) is 0 Å². The molecule has 0 saturated carbocycles. The van der Waals surface area contributed by atoms with Crippen LogP contribution in [-0.4, -0.2) is 27.4 Å². The molecule has 0 spiro atoms. The van der Waals surface area contributed by atoms with Crippen LogP contribution in [0.2, 0.25) is 0 Å². The van der Waals surface area contributed by atoms with E-state index in [9.17, 15) is 33.3 Å². The predicted octanol–water partition coefficient (Wildman–Crippen LogP) is 2.91. The second-order valence-corrected chi connectivity index (χ2v) is 5.61. The van der Waals surface area contributed by atoms with Crippen molar-refractivity contribution in [1.82, 2.24) is 5.32 Å². The van der Waals surface area contributed by atoms with Gasteiger partial charge in [-0.15, -0.1) is 10.2 Å². The third-order valence-corrected chi connectivity index (χ3v) is 3.84. The highest BCUT2D eigenvalue weighted by Gasteiger charge is 2.65. The van der Waals surface area contributed by atoms with Gasteiger partial charge in [0, 0.05) is 17.7 Å². The lowest BCUT2D eigenvalue weighted by Crippen LogP contribution is -2.30. The summed E-state index contributed by atoms with van der Waals surface area (Å²) in [4.78, 5) is 12.0. The largest absolute Gasteiger partial charge is 0.504 e. The quantitative estimate of drug-likeness (QED) is 0.622. The zero-order chi connectivity index (χ0) is 19.1. The first kappa shape index (κ1) is 17.5. The van der Waals surface area contributed by atoms with Crippen LogP contribution < -0.4 is 5.32 Å². The minimum absolute atomic E-state index is 0.00514. The predicted molar refractivity (Wildman–Crippen MR) is 81.6 cm³/mol. The molecule has 1 aliphatic rings. The van der Waals surface area contributed by atoms with Crippen LogP contribution in [-0.2, 0) is 12.2 Å². The Balaban J connectivity index is 1.66. The van der Waals surface area contributed by atoms with E-state index in [4.69, 9.17) is 0 Å². The maximum absolute atomic E-state index is 12.9. The van der Waals surface area contributed by atoms with E-state index in [1.54, 1.807) is 0 Å². The van der Waals surface area contributed by atoms with Crippen LogP contribution >= 0.6 is 0 Å². The molecular weight excluding hydrogens is 355 g/mol.